The van der Waals surface area contributed by atoms with Gasteiger partial charge in [0.15, 0.2) is 5.78 Å². The van der Waals surface area contributed by atoms with Gasteiger partial charge in [0, 0.05) is 12.3 Å². The van der Waals surface area contributed by atoms with Crippen molar-refractivity contribution in [1.82, 2.24) is 9.59 Å². The fraction of sp³-hybridized carbons (Fsp3) is 0.625. The second-order valence-electron chi connectivity index (χ2n) is 3.76. The first-order chi connectivity index (χ1) is 5.43. The number of aromatic nitrogens is 2. The van der Waals surface area contributed by atoms with E-state index >= 15 is 0 Å². The van der Waals surface area contributed by atoms with Crippen LogP contribution in [0.1, 0.15) is 43.1 Å². The molecule has 0 fully saturated rings. The third-order valence-electron chi connectivity index (χ3n) is 1.52. The smallest absolute Gasteiger partial charge is 0.173 e. The summed E-state index contributed by atoms with van der Waals surface area (Å²) in [6, 6.07) is 0. The fourth-order valence-electron chi connectivity index (χ4n) is 0.912. The number of rotatable bonds is 1. The molecule has 0 spiro atoms. The molecular weight excluding hydrogens is 172 g/mol. The molecule has 0 aliphatic carbocycles. The van der Waals surface area contributed by atoms with Crippen LogP contribution >= 0.6 is 11.5 Å². The molecule has 12 heavy (non-hydrogen) atoms. The molecule has 1 heterocycles. The molecule has 0 unspecified atom stereocenters. The standard InChI is InChI=1S/C8H12N2OS/c1-5(11)6-7(8(2,3)4)9-10-12-6/h1-4H3. The van der Waals surface area contributed by atoms with Crippen LogP contribution in [0.5, 0.6) is 0 Å². The molecule has 66 valence electrons. The predicted molar refractivity (Wildman–Crippen MR) is 48.6 cm³/mol. The lowest BCUT2D eigenvalue weighted by molar-refractivity contribution is 0.101. The highest BCUT2D eigenvalue weighted by Gasteiger charge is 2.24. The molecular formula is C8H12N2OS. The summed E-state index contributed by atoms with van der Waals surface area (Å²) in [7, 11) is 0. The van der Waals surface area contributed by atoms with Crippen LogP contribution in [-0.2, 0) is 5.41 Å². The molecule has 0 saturated heterocycles. The number of hydrogen-bond acceptors (Lipinski definition) is 4. The van der Waals surface area contributed by atoms with E-state index in [1.54, 1.807) is 6.92 Å². The van der Waals surface area contributed by atoms with Gasteiger partial charge < -0.3 is 0 Å². The lowest BCUT2D eigenvalue weighted by atomic mass is 9.91. The Balaban J connectivity index is 3.17. The number of carbonyl (C=O) groups is 1. The molecule has 0 amide bonds. The molecule has 1 aromatic rings. The summed E-state index contributed by atoms with van der Waals surface area (Å²) in [5.41, 5.74) is 0.716. The van der Waals surface area contributed by atoms with E-state index in [-0.39, 0.29) is 11.2 Å². The summed E-state index contributed by atoms with van der Waals surface area (Å²) in [6.45, 7) is 7.62. The molecule has 0 aliphatic heterocycles. The number of carbonyl (C=O) groups excluding carboxylic acids is 1. The molecule has 1 aromatic heterocycles. The van der Waals surface area contributed by atoms with Crippen molar-refractivity contribution in [3.05, 3.63) is 10.6 Å². The maximum Gasteiger partial charge on any atom is 0.173 e. The van der Waals surface area contributed by atoms with Crippen LogP contribution < -0.4 is 0 Å². The Kier molecular flexibility index (Phi) is 2.28. The molecule has 0 saturated carbocycles. The van der Waals surface area contributed by atoms with Crippen molar-refractivity contribution < 1.29 is 4.79 Å². The zero-order valence-electron chi connectivity index (χ0n) is 7.71. The summed E-state index contributed by atoms with van der Waals surface area (Å²) >= 11 is 1.17. The minimum absolute atomic E-state index is 0.0509. The Labute approximate surface area is 76.0 Å². The van der Waals surface area contributed by atoms with Crippen molar-refractivity contribution in [3.63, 3.8) is 0 Å². The molecule has 0 aliphatic rings. The Hall–Kier alpha value is -0.770. The number of Topliss-reactive ketones (excluding diaryl/α,β-unsaturated/α-hetero) is 1. The third kappa shape index (κ3) is 1.69. The van der Waals surface area contributed by atoms with E-state index in [9.17, 15) is 4.79 Å². The average molecular weight is 184 g/mol. The zero-order valence-corrected chi connectivity index (χ0v) is 8.53. The Morgan fingerprint density at radius 3 is 2.33 bits per heavy atom. The van der Waals surface area contributed by atoms with Gasteiger partial charge in [0.05, 0.1) is 5.69 Å². The quantitative estimate of drug-likeness (QED) is 0.627. The van der Waals surface area contributed by atoms with Gasteiger partial charge >= 0.3 is 0 Å². The van der Waals surface area contributed by atoms with Crippen LogP contribution in [0.4, 0.5) is 0 Å². The van der Waals surface area contributed by atoms with Gasteiger partial charge in [-0.05, 0) is 11.5 Å². The topological polar surface area (TPSA) is 42.9 Å². The average Bonchev–Trinajstić information content (AvgIpc) is 2.30. The van der Waals surface area contributed by atoms with E-state index < -0.39 is 0 Å². The van der Waals surface area contributed by atoms with Gasteiger partial charge in [0.1, 0.15) is 4.88 Å². The van der Waals surface area contributed by atoms with E-state index in [4.69, 9.17) is 0 Å². The van der Waals surface area contributed by atoms with Crippen LogP contribution in [0.2, 0.25) is 0 Å². The highest BCUT2D eigenvalue weighted by molar-refractivity contribution is 7.08. The highest BCUT2D eigenvalue weighted by atomic mass is 32.1. The van der Waals surface area contributed by atoms with Gasteiger partial charge in [-0.3, -0.25) is 4.79 Å². The van der Waals surface area contributed by atoms with Crippen molar-refractivity contribution >= 4 is 17.3 Å². The van der Waals surface area contributed by atoms with Crippen molar-refractivity contribution in [2.75, 3.05) is 0 Å². The predicted octanol–water partition coefficient (Wildman–Crippen LogP) is 2.04. The summed E-state index contributed by atoms with van der Waals surface area (Å²) in [5.74, 6) is 0.0509. The van der Waals surface area contributed by atoms with Gasteiger partial charge in [-0.25, -0.2) is 0 Å². The van der Waals surface area contributed by atoms with Crippen LogP contribution in [0.25, 0.3) is 0 Å². The van der Waals surface area contributed by atoms with E-state index in [1.807, 2.05) is 20.8 Å². The Bertz CT molecular complexity index is 298. The molecule has 0 aromatic carbocycles. The fourth-order valence-corrected chi connectivity index (χ4v) is 1.68. The molecule has 4 heteroatoms. The summed E-state index contributed by atoms with van der Waals surface area (Å²) < 4.78 is 3.78. The van der Waals surface area contributed by atoms with Crippen LogP contribution in [0.15, 0.2) is 0 Å². The van der Waals surface area contributed by atoms with E-state index in [1.165, 1.54) is 11.5 Å². The maximum absolute atomic E-state index is 11.1. The largest absolute Gasteiger partial charge is 0.293 e. The van der Waals surface area contributed by atoms with Crippen molar-refractivity contribution in [2.45, 2.75) is 33.1 Å². The first-order valence-electron chi connectivity index (χ1n) is 3.76. The zero-order chi connectivity index (χ0) is 9.35. The molecule has 3 nitrogen and oxygen atoms in total. The molecule has 1 rings (SSSR count). The van der Waals surface area contributed by atoms with Crippen LogP contribution in [-0.4, -0.2) is 15.4 Å². The third-order valence-corrected chi connectivity index (χ3v) is 2.34. The van der Waals surface area contributed by atoms with Gasteiger partial charge in [0.2, 0.25) is 0 Å². The summed E-state index contributed by atoms with van der Waals surface area (Å²) in [5, 5.41) is 3.96. The Morgan fingerprint density at radius 2 is 2.00 bits per heavy atom. The summed E-state index contributed by atoms with van der Waals surface area (Å²) in [4.78, 5) is 11.8. The first kappa shape index (κ1) is 9.32. The molecule has 0 radical (unpaired) electrons. The van der Waals surface area contributed by atoms with Crippen molar-refractivity contribution in [3.8, 4) is 0 Å². The van der Waals surface area contributed by atoms with Crippen molar-refractivity contribution in [2.24, 2.45) is 0 Å². The van der Waals surface area contributed by atoms with Gasteiger partial charge in [0.25, 0.3) is 0 Å². The lowest BCUT2D eigenvalue weighted by Gasteiger charge is -2.15. The van der Waals surface area contributed by atoms with Gasteiger partial charge in [-0.1, -0.05) is 25.3 Å². The van der Waals surface area contributed by atoms with Crippen LogP contribution in [0.3, 0.4) is 0 Å². The van der Waals surface area contributed by atoms with Crippen LogP contribution in [0, 0.1) is 0 Å². The minimum Gasteiger partial charge on any atom is -0.293 e. The first-order valence-corrected chi connectivity index (χ1v) is 4.54. The number of nitrogens with zero attached hydrogens (tertiary/aromatic N) is 2. The lowest BCUT2D eigenvalue weighted by Crippen LogP contribution is -2.15. The van der Waals surface area contributed by atoms with E-state index in [0.717, 1.165) is 5.69 Å². The molecule has 0 atom stereocenters. The monoisotopic (exact) mass is 184 g/mol. The highest BCUT2D eigenvalue weighted by Crippen LogP contribution is 2.25. The summed E-state index contributed by atoms with van der Waals surface area (Å²) in [6.07, 6.45) is 0. The maximum atomic E-state index is 11.1. The Morgan fingerprint density at radius 1 is 1.42 bits per heavy atom. The number of hydrogen-bond donors (Lipinski definition) is 0. The number of ketones is 1. The second-order valence-corrected chi connectivity index (χ2v) is 4.51. The van der Waals surface area contributed by atoms with E-state index in [2.05, 4.69) is 9.59 Å². The normalized spacial score (nSPS) is 11.7. The molecule has 0 N–H and O–H groups in total. The SMILES string of the molecule is CC(=O)c1snnc1C(C)(C)C. The van der Waals surface area contributed by atoms with E-state index in [0.29, 0.717) is 4.88 Å². The molecule has 0 bridgehead atoms. The van der Waals surface area contributed by atoms with Gasteiger partial charge in [-0.15, -0.1) is 5.10 Å². The minimum atomic E-state index is -0.0893. The van der Waals surface area contributed by atoms with Crippen molar-refractivity contribution in [1.29, 1.82) is 0 Å². The second kappa shape index (κ2) is 2.94. The van der Waals surface area contributed by atoms with Gasteiger partial charge in [-0.2, -0.15) is 0 Å².